The monoisotopic (exact) mass is 396 g/mol. The highest BCUT2D eigenvalue weighted by Crippen LogP contribution is 2.35. The second kappa shape index (κ2) is 7.38. The second-order valence-corrected chi connectivity index (χ2v) is 7.79. The molecular weight excluding hydrogens is 376 g/mol. The van der Waals surface area contributed by atoms with Crippen LogP contribution >= 0.6 is 11.6 Å². The molecule has 142 valence electrons. The molecule has 0 saturated carbocycles. The van der Waals surface area contributed by atoms with Gasteiger partial charge in [-0.3, -0.25) is 5.01 Å². The molecule has 0 N–H and O–H groups in total. The molecular formula is C26H21ClN2. The van der Waals surface area contributed by atoms with Crippen molar-refractivity contribution in [2.45, 2.75) is 13.3 Å². The third-order valence-corrected chi connectivity index (χ3v) is 5.71. The number of hydrazone groups is 1. The summed E-state index contributed by atoms with van der Waals surface area (Å²) in [6.45, 7) is 3.01. The fourth-order valence-corrected chi connectivity index (χ4v) is 4.21. The largest absolute Gasteiger partial charge is 0.266 e. The maximum atomic E-state index is 6.05. The average molecular weight is 397 g/mol. The van der Waals surface area contributed by atoms with Crippen LogP contribution in [0.15, 0.2) is 84.0 Å². The number of rotatable bonds is 5. The Hall–Kier alpha value is -3.10. The lowest BCUT2D eigenvalue weighted by Gasteiger charge is -2.18. The van der Waals surface area contributed by atoms with Crippen molar-refractivity contribution < 1.29 is 0 Å². The summed E-state index contributed by atoms with van der Waals surface area (Å²) in [4.78, 5) is 0. The third-order valence-electron chi connectivity index (χ3n) is 5.46. The predicted molar refractivity (Wildman–Crippen MR) is 127 cm³/mol. The molecule has 5 aromatic carbocycles. The molecule has 0 spiro atoms. The van der Waals surface area contributed by atoms with Crippen LogP contribution in [-0.2, 0) is 0 Å². The van der Waals surface area contributed by atoms with Gasteiger partial charge in [0.05, 0.1) is 11.9 Å². The molecule has 0 bridgehead atoms. The minimum absolute atomic E-state index is 0.737. The SMILES string of the molecule is CCCN(N=Cc1ccc2ccc3cccc4ccc1c2c34)c1ccc(Cl)cc1. The van der Waals surface area contributed by atoms with Crippen LogP contribution in [0.3, 0.4) is 0 Å². The van der Waals surface area contributed by atoms with Gasteiger partial charge in [0, 0.05) is 17.1 Å². The first-order valence-corrected chi connectivity index (χ1v) is 10.4. The van der Waals surface area contributed by atoms with Gasteiger partial charge in [-0.05, 0) is 63.0 Å². The van der Waals surface area contributed by atoms with E-state index in [-0.39, 0.29) is 0 Å². The fourth-order valence-electron chi connectivity index (χ4n) is 4.08. The average Bonchev–Trinajstić information content (AvgIpc) is 2.76. The van der Waals surface area contributed by atoms with E-state index < -0.39 is 0 Å². The van der Waals surface area contributed by atoms with Crippen molar-refractivity contribution in [1.82, 2.24) is 0 Å². The molecule has 0 fully saturated rings. The van der Waals surface area contributed by atoms with E-state index in [0.717, 1.165) is 29.2 Å². The number of hydrogen-bond donors (Lipinski definition) is 0. The fraction of sp³-hybridized carbons (Fsp3) is 0.115. The Bertz CT molecular complexity index is 1310. The Morgan fingerprint density at radius 3 is 2.17 bits per heavy atom. The number of anilines is 1. The van der Waals surface area contributed by atoms with Gasteiger partial charge >= 0.3 is 0 Å². The van der Waals surface area contributed by atoms with Crippen molar-refractivity contribution in [2.75, 3.05) is 11.6 Å². The molecule has 0 radical (unpaired) electrons. The van der Waals surface area contributed by atoms with E-state index in [4.69, 9.17) is 16.7 Å². The molecule has 0 atom stereocenters. The van der Waals surface area contributed by atoms with Crippen molar-refractivity contribution in [3.8, 4) is 0 Å². The van der Waals surface area contributed by atoms with Crippen LogP contribution < -0.4 is 5.01 Å². The molecule has 29 heavy (non-hydrogen) atoms. The number of halogens is 1. The molecule has 0 aliphatic heterocycles. The Kier molecular flexibility index (Phi) is 4.57. The van der Waals surface area contributed by atoms with Gasteiger partial charge in [-0.2, -0.15) is 5.10 Å². The summed E-state index contributed by atoms with van der Waals surface area (Å²) in [5.74, 6) is 0. The van der Waals surface area contributed by atoms with Gasteiger partial charge in [-0.1, -0.05) is 73.1 Å². The van der Waals surface area contributed by atoms with Crippen LogP contribution in [0, 0.1) is 0 Å². The normalized spacial score (nSPS) is 11.9. The quantitative estimate of drug-likeness (QED) is 0.171. The lowest BCUT2D eigenvalue weighted by atomic mass is 9.92. The maximum Gasteiger partial charge on any atom is 0.0594 e. The number of benzene rings is 5. The van der Waals surface area contributed by atoms with Gasteiger partial charge in [-0.15, -0.1) is 0 Å². The van der Waals surface area contributed by atoms with Crippen LogP contribution in [0.2, 0.25) is 5.02 Å². The molecule has 2 nitrogen and oxygen atoms in total. The second-order valence-electron chi connectivity index (χ2n) is 7.35. The first kappa shape index (κ1) is 18.0. The minimum Gasteiger partial charge on any atom is -0.266 e. The van der Waals surface area contributed by atoms with Crippen LogP contribution in [0.25, 0.3) is 32.3 Å². The third kappa shape index (κ3) is 3.20. The van der Waals surface area contributed by atoms with Crippen LogP contribution in [0.5, 0.6) is 0 Å². The van der Waals surface area contributed by atoms with Gasteiger partial charge in [-0.25, -0.2) is 0 Å². The zero-order valence-corrected chi connectivity index (χ0v) is 17.0. The van der Waals surface area contributed by atoms with Crippen molar-refractivity contribution in [3.63, 3.8) is 0 Å². The Balaban J connectivity index is 1.63. The van der Waals surface area contributed by atoms with Crippen LogP contribution in [0.4, 0.5) is 5.69 Å². The van der Waals surface area contributed by atoms with Gasteiger partial charge in [0.2, 0.25) is 0 Å². The molecule has 3 heteroatoms. The summed E-state index contributed by atoms with van der Waals surface area (Å²) in [7, 11) is 0. The molecule has 0 unspecified atom stereocenters. The zero-order chi connectivity index (χ0) is 19.8. The summed E-state index contributed by atoms with van der Waals surface area (Å²) in [6.07, 6.45) is 2.99. The highest BCUT2D eigenvalue weighted by Gasteiger charge is 2.10. The van der Waals surface area contributed by atoms with Crippen molar-refractivity contribution in [2.24, 2.45) is 5.10 Å². The molecule has 0 saturated heterocycles. The Morgan fingerprint density at radius 2 is 1.45 bits per heavy atom. The lowest BCUT2D eigenvalue weighted by molar-refractivity contribution is 0.809. The lowest BCUT2D eigenvalue weighted by Crippen LogP contribution is -2.17. The standard InChI is InChI=1S/C26H21ClN2/c1-2-16-29(23-13-11-22(27)12-14-23)28-17-21-9-8-20-7-6-18-4-3-5-19-10-15-24(21)26(20)25(18)19/h3-15,17H,2,16H2,1H3. The molecule has 0 aliphatic rings. The van der Waals surface area contributed by atoms with E-state index in [2.05, 4.69) is 61.5 Å². The highest BCUT2D eigenvalue weighted by molar-refractivity contribution is 6.30. The van der Waals surface area contributed by atoms with Crippen molar-refractivity contribution in [3.05, 3.63) is 89.4 Å². The molecule has 5 rings (SSSR count). The summed E-state index contributed by atoms with van der Waals surface area (Å²) in [5.41, 5.74) is 2.18. The highest BCUT2D eigenvalue weighted by atomic mass is 35.5. The van der Waals surface area contributed by atoms with Gasteiger partial charge in [0.1, 0.15) is 0 Å². The predicted octanol–water partition coefficient (Wildman–Crippen LogP) is 7.49. The topological polar surface area (TPSA) is 15.6 Å². The maximum absolute atomic E-state index is 6.05. The van der Waals surface area contributed by atoms with Crippen molar-refractivity contribution >= 4 is 55.8 Å². The van der Waals surface area contributed by atoms with Crippen LogP contribution in [-0.4, -0.2) is 12.8 Å². The Labute approximate surface area is 175 Å². The van der Waals surface area contributed by atoms with E-state index in [9.17, 15) is 0 Å². The summed E-state index contributed by atoms with van der Waals surface area (Å²) in [6, 6.07) is 27.6. The number of hydrogen-bond acceptors (Lipinski definition) is 2. The van der Waals surface area contributed by atoms with Gasteiger partial charge < -0.3 is 0 Å². The summed E-state index contributed by atoms with van der Waals surface area (Å²) >= 11 is 6.05. The van der Waals surface area contributed by atoms with Gasteiger partial charge in [0.25, 0.3) is 0 Å². The van der Waals surface area contributed by atoms with E-state index in [1.165, 1.54) is 32.3 Å². The van der Waals surface area contributed by atoms with E-state index in [1.807, 2.05) is 35.5 Å². The van der Waals surface area contributed by atoms with E-state index in [1.54, 1.807) is 0 Å². The smallest absolute Gasteiger partial charge is 0.0594 e. The molecule has 0 aromatic heterocycles. The molecule has 0 amide bonds. The zero-order valence-electron chi connectivity index (χ0n) is 16.3. The molecule has 0 aliphatic carbocycles. The van der Waals surface area contributed by atoms with E-state index in [0.29, 0.717) is 0 Å². The summed E-state index contributed by atoms with van der Waals surface area (Å²) < 4.78 is 0. The summed E-state index contributed by atoms with van der Waals surface area (Å²) in [5, 5.41) is 15.3. The molecule has 0 heterocycles. The Morgan fingerprint density at radius 1 is 0.793 bits per heavy atom. The van der Waals surface area contributed by atoms with Crippen molar-refractivity contribution in [1.29, 1.82) is 0 Å². The van der Waals surface area contributed by atoms with E-state index >= 15 is 0 Å². The first-order valence-electron chi connectivity index (χ1n) is 9.98. The molecule has 5 aromatic rings. The van der Waals surface area contributed by atoms with Crippen LogP contribution in [0.1, 0.15) is 18.9 Å². The first-order chi connectivity index (χ1) is 14.2. The van der Waals surface area contributed by atoms with Gasteiger partial charge in [0.15, 0.2) is 0 Å². The minimum atomic E-state index is 0.737. The number of nitrogens with zero attached hydrogens (tertiary/aromatic N) is 2.